The zero-order valence-electron chi connectivity index (χ0n) is 9.43. The van der Waals surface area contributed by atoms with E-state index in [1.165, 1.54) is 0 Å². The number of hydrogen-bond acceptors (Lipinski definition) is 3. The first-order valence-corrected chi connectivity index (χ1v) is 5.21. The highest BCUT2D eigenvalue weighted by molar-refractivity contribution is 5.39. The van der Waals surface area contributed by atoms with Crippen LogP contribution in [0.3, 0.4) is 0 Å². The normalized spacial score (nSPS) is 14.4. The third kappa shape index (κ3) is 3.44. The predicted molar refractivity (Wildman–Crippen MR) is 59.4 cm³/mol. The van der Waals surface area contributed by atoms with E-state index in [9.17, 15) is 5.11 Å². The summed E-state index contributed by atoms with van der Waals surface area (Å²) in [5.41, 5.74) is 0. The van der Waals surface area contributed by atoms with Crippen molar-refractivity contribution in [3.63, 3.8) is 0 Å². The maximum Gasteiger partial charge on any atom is 0.161 e. The molecule has 0 fully saturated rings. The zero-order chi connectivity index (χ0) is 11.3. The fraction of sp³-hybridized carbons (Fsp3) is 0.500. The van der Waals surface area contributed by atoms with Gasteiger partial charge in [0.05, 0.1) is 12.7 Å². The van der Waals surface area contributed by atoms with E-state index in [1.807, 2.05) is 38.1 Å². The van der Waals surface area contributed by atoms with Crippen molar-refractivity contribution >= 4 is 0 Å². The first-order chi connectivity index (χ1) is 7.15. The van der Waals surface area contributed by atoms with Crippen LogP contribution in [0.4, 0.5) is 0 Å². The smallest absolute Gasteiger partial charge is 0.161 e. The monoisotopic (exact) mass is 210 g/mol. The van der Waals surface area contributed by atoms with Gasteiger partial charge in [0.15, 0.2) is 11.5 Å². The lowest BCUT2D eigenvalue weighted by Crippen LogP contribution is -2.25. The van der Waals surface area contributed by atoms with E-state index in [1.54, 1.807) is 6.92 Å². The second-order valence-electron chi connectivity index (χ2n) is 3.44. The summed E-state index contributed by atoms with van der Waals surface area (Å²) in [6.07, 6.45) is -0.744. The van der Waals surface area contributed by atoms with E-state index in [0.29, 0.717) is 18.1 Å². The van der Waals surface area contributed by atoms with Crippen molar-refractivity contribution in [2.75, 3.05) is 6.61 Å². The Morgan fingerprint density at radius 3 is 2.33 bits per heavy atom. The van der Waals surface area contributed by atoms with Gasteiger partial charge < -0.3 is 14.6 Å². The van der Waals surface area contributed by atoms with Gasteiger partial charge in [-0.3, -0.25) is 0 Å². The summed E-state index contributed by atoms with van der Waals surface area (Å²) in [6.45, 7) is 6.06. The van der Waals surface area contributed by atoms with Gasteiger partial charge >= 0.3 is 0 Å². The van der Waals surface area contributed by atoms with Gasteiger partial charge in [-0.25, -0.2) is 0 Å². The molecule has 2 unspecified atom stereocenters. The number of rotatable bonds is 5. The van der Waals surface area contributed by atoms with Gasteiger partial charge in [0, 0.05) is 0 Å². The minimum Gasteiger partial charge on any atom is -0.490 e. The lowest BCUT2D eigenvalue weighted by molar-refractivity contribution is 0.0582. The van der Waals surface area contributed by atoms with E-state index in [4.69, 9.17) is 9.47 Å². The fourth-order valence-corrected chi connectivity index (χ4v) is 1.12. The molecule has 0 spiro atoms. The van der Waals surface area contributed by atoms with Gasteiger partial charge in [-0.05, 0) is 32.9 Å². The van der Waals surface area contributed by atoms with E-state index in [0.717, 1.165) is 0 Å². The summed E-state index contributed by atoms with van der Waals surface area (Å²) in [5, 5.41) is 9.34. The molecule has 0 saturated heterocycles. The topological polar surface area (TPSA) is 38.7 Å². The summed E-state index contributed by atoms with van der Waals surface area (Å²) >= 11 is 0. The van der Waals surface area contributed by atoms with E-state index in [2.05, 4.69) is 0 Å². The number of ether oxygens (including phenoxy) is 2. The summed E-state index contributed by atoms with van der Waals surface area (Å²) in [5.74, 6) is 1.39. The number of hydrogen-bond donors (Lipinski definition) is 1. The summed E-state index contributed by atoms with van der Waals surface area (Å²) in [6, 6.07) is 7.47. The average Bonchev–Trinajstić information content (AvgIpc) is 2.21. The molecule has 2 atom stereocenters. The SMILES string of the molecule is CCOc1ccccc1OC(C)C(C)O. The molecule has 3 heteroatoms. The second-order valence-corrected chi connectivity index (χ2v) is 3.44. The minimum absolute atomic E-state index is 0.244. The van der Waals surface area contributed by atoms with Crippen LogP contribution in [-0.4, -0.2) is 23.9 Å². The van der Waals surface area contributed by atoms with Crippen molar-refractivity contribution in [3.8, 4) is 11.5 Å². The van der Waals surface area contributed by atoms with E-state index < -0.39 is 6.10 Å². The van der Waals surface area contributed by atoms with Gasteiger partial charge in [-0.1, -0.05) is 12.1 Å². The lowest BCUT2D eigenvalue weighted by Gasteiger charge is -2.19. The molecule has 3 nitrogen and oxygen atoms in total. The third-order valence-electron chi connectivity index (χ3n) is 2.14. The quantitative estimate of drug-likeness (QED) is 0.810. The highest BCUT2D eigenvalue weighted by Crippen LogP contribution is 2.27. The number of aliphatic hydroxyl groups excluding tert-OH is 1. The zero-order valence-corrected chi connectivity index (χ0v) is 9.43. The molecule has 1 N–H and O–H groups in total. The Kier molecular flexibility index (Phi) is 4.43. The fourth-order valence-electron chi connectivity index (χ4n) is 1.12. The van der Waals surface area contributed by atoms with Crippen LogP contribution < -0.4 is 9.47 Å². The van der Waals surface area contributed by atoms with Crippen LogP contribution in [-0.2, 0) is 0 Å². The second kappa shape index (κ2) is 5.61. The van der Waals surface area contributed by atoms with Crippen LogP contribution in [0, 0.1) is 0 Å². The first-order valence-electron chi connectivity index (χ1n) is 5.21. The molecule has 15 heavy (non-hydrogen) atoms. The van der Waals surface area contributed by atoms with E-state index >= 15 is 0 Å². The van der Waals surface area contributed by atoms with Crippen LogP contribution >= 0.6 is 0 Å². The molecule has 1 aromatic carbocycles. The number of benzene rings is 1. The Labute approximate surface area is 90.6 Å². The third-order valence-corrected chi connectivity index (χ3v) is 2.14. The van der Waals surface area contributed by atoms with Crippen LogP contribution in [0.2, 0.25) is 0 Å². The van der Waals surface area contributed by atoms with Crippen LogP contribution in [0.25, 0.3) is 0 Å². The molecule has 0 aliphatic heterocycles. The van der Waals surface area contributed by atoms with Crippen molar-refractivity contribution in [2.45, 2.75) is 33.0 Å². The number of aliphatic hydroxyl groups is 1. The summed E-state index contributed by atoms with van der Waals surface area (Å²) in [4.78, 5) is 0. The molecule has 0 amide bonds. The molecular weight excluding hydrogens is 192 g/mol. The Hall–Kier alpha value is -1.22. The molecule has 0 saturated carbocycles. The molecule has 0 heterocycles. The van der Waals surface area contributed by atoms with Crippen molar-refractivity contribution in [3.05, 3.63) is 24.3 Å². The molecule has 0 bridgehead atoms. The van der Waals surface area contributed by atoms with Crippen LogP contribution in [0.15, 0.2) is 24.3 Å². The molecule has 1 rings (SSSR count). The highest BCUT2D eigenvalue weighted by Gasteiger charge is 2.12. The largest absolute Gasteiger partial charge is 0.490 e. The van der Waals surface area contributed by atoms with Gasteiger partial charge in [-0.15, -0.1) is 0 Å². The van der Waals surface area contributed by atoms with Crippen molar-refractivity contribution < 1.29 is 14.6 Å². The first kappa shape index (κ1) is 11.9. The van der Waals surface area contributed by atoms with Crippen LogP contribution in [0.5, 0.6) is 11.5 Å². The molecule has 1 aromatic rings. The van der Waals surface area contributed by atoms with Gasteiger partial charge in [0.25, 0.3) is 0 Å². The summed E-state index contributed by atoms with van der Waals surface area (Å²) < 4.78 is 11.0. The maximum atomic E-state index is 9.34. The van der Waals surface area contributed by atoms with Gasteiger partial charge in [0.1, 0.15) is 6.10 Å². The lowest BCUT2D eigenvalue weighted by atomic mass is 10.2. The standard InChI is InChI=1S/C12H18O3/c1-4-14-11-7-5-6-8-12(11)15-10(3)9(2)13/h5-10,13H,4H2,1-3H3. The maximum absolute atomic E-state index is 9.34. The van der Waals surface area contributed by atoms with Gasteiger partial charge in [0.2, 0.25) is 0 Å². The van der Waals surface area contributed by atoms with Gasteiger partial charge in [-0.2, -0.15) is 0 Å². The Balaban J connectivity index is 2.74. The minimum atomic E-state index is -0.500. The molecule has 84 valence electrons. The predicted octanol–water partition coefficient (Wildman–Crippen LogP) is 2.23. The Morgan fingerprint density at radius 2 is 1.80 bits per heavy atom. The molecule has 0 aliphatic rings. The molecule has 0 radical (unpaired) electrons. The highest BCUT2D eigenvalue weighted by atomic mass is 16.5. The average molecular weight is 210 g/mol. The number of para-hydroxylation sites is 2. The van der Waals surface area contributed by atoms with Crippen LogP contribution in [0.1, 0.15) is 20.8 Å². The van der Waals surface area contributed by atoms with Crippen molar-refractivity contribution in [1.29, 1.82) is 0 Å². The van der Waals surface area contributed by atoms with Crippen molar-refractivity contribution in [1.82, 2.24) is 0 Å². The Bertz CT molecular complexity index is 297. The molecule has 0 aliphatic carbocycles. The van der Waals surface area contributed by atoms with E-state index in [-0.39, 0.29) is 6.10 Å². The van der Waals surface area contributed by atoms with Crippen molar-refractivity contribution in [2.24, 2.45) is 0 Å². The molecular formula is C12H18O3. The summed E-state index contributed by atoms with van der Waals surface area (Å²) in [7, 11) is 0. The Morgan fingerprint density at radius 1 is 1.20 bits per heavy atom. The molecule has 0 aromatic heterocycles.